The first-order valence-electron chi connectivity index (χ1n) is 4.43. The van der Waals surface area contributed by atoms with Gasteiger partial charge in [0.1, 0.15) is 11.4 Å². The molecule has 13 heavy (non-hydrogen) atoms. The lowest BCUT2D eigenvalue weighted by Gasteiger charge is -2.12. The third kappa shape index (κ3) is 2.39. The molecule has 1 rings (SSSR count). The van der Waals surface area contributed by atoms with Gasteiger partial charge < -0.3 is 5.32 Å². The standard InChI is InChI=1S/C9H15N3O/c1-4-6-10-8(5-2)9-7(3)11-13-12-9/h4,8,10H,1,5-6H2,2-3H3. The lowest BCUT2D eigenvalue weighted by atomic mass is 10.1. The Morgan fingerprint density at radius 1 is 1.62 bits per heavy atom. The third-order valence-electron chi connectivity index (χ3n) is 1.93. The van der Waals surface area contributed by atoms with E-state index in [2.05, 4.69) is 33.8 Å². The molecular weight excluding hydrogens is 166 g/mol. The summed E-state index contributed by atoms with van der Waals surface area (Å²) in [5, 5.41) is 10.9. The minimum atomic E-state index is 0.212. The first-order chi connectivity index (χ1) is 6.29. The molecule has 0 aliphatic heterocycles. The summed E-state index contributed by atoms with van der Waals surface area (Å²) in [5.41, 5.74) is 1.74. The Labute approximate surface area is 78.0 Å². The van der Waals surface area contributed by atoms with Gasteiger partial charge in [0.25, 0.3) is 0 Å². The molecule has 1 N–H and O–H groups in total. The zero-order valence-corrected chi connectivity index (χ0v) is 8.08. The Morgan fingerprint density at radius 2 is 2.38 bits per heavy atom. The second-order valence-corrected chi connectivity index (χ2v) is 2.89. The van der Waals surface area contributed by atoms with Crippen LogP contribution in [0.3, 0.4) is 0 Å². The second-order valence-electron chi connectivity index (χ2n) is 2.89. The molecule has 0 bridgehead atoms. The number of aromatic nitrogens is 2. The molecule has 1 aromatic heterocycles. The number of nitrogens with one attached hydrogen (secondary N) is 1. The highest BCUT2D eigenvalue weighted by atomic mass is 16.6. The van der Waals surface area contributed by atoms with Crippen molar-refractivity contribution >= 4 is 0 Å². The fraction of sp³-hybridized carbons (Fsp3) is 0.556. The average Bonchev–Trinajstić information content (AvgIpc) is 2.54. The van der Waals surface area contributed by atoms with Crippen LogP contribution in [0.5, 0.6) is 0 Å². The third-order valence-corrected chi connectivity index (χ3v) is 1.93. The smallest absolute Gasteiger partial charge is 0.124 e. The minimum absolute atomic E-state index is 0.212. The van der Waals surface area contributed by atoms with Gasteiger partial charge in [-0.2, -0.15) is 0 Å². The van der Waals surface area contributed by atoms with Gasteiger partial charge in [-0.05, 0) is 13.3 Å². The summed E-state index contributed by atoms with van der Waals surface area (Å²) in [6, 6.07) is 0.212. The maximum absolute atomic E-state index is 4.64. The van der Waals surface area contributed by atoms with Crippen LogP contribution in [-0.4, -0.2) is 16.9 Å². The van der Waals surface area contributed by atoms with E-state index in [9.17, 15) is 0 Å². The zero-order chi connectivity index (χ0) is 9.68. The van der Waals surface area contributed by atoms with Gasteiger partial charge in [0, 0.05) is 6.54 Å². The Morgan fingerprint density at radius 3 is 2.85 bits per heavy atom. The monoisotopic (exact) mass is 181 g/mol. The van der Waals surface area contributed by atoms with E-state index in [4.69, 9.17) is 0 Å². The number of rotatable bonds is 5. The van der Waals surface area contributed by atoms with Gasteiger partial charge in [-0.1, -0.05) is 23.3 Å². The summed E-state index contributed by atoms with van der Waals surface area (Å²) in [4.78, 5) is 0. The largest absolute Gasteiger partial charge is 0.305 e. The van der Waals surface area contributed by atoms with Crippen molar-refractivity contribution in [2.24, 2.45) is 0 Å². The van der Waals surface area contributed by atoms with Gasteiger partial charge in [-0.15, -0.1) is 6.58 Å². The summed E-state index contributed by atoms with van der Waals surface area (Å²) in [5.74, 6) is 0. The molecule has 0 aliphatic carbocycles. The predicted octanol–water partition coefficient (Wildman–Crippen LogP) is 1.60. The van der Waals surface area contributed by atoms with E-state index in [-0.39, 0.29) is 6.04 Å². The van der Waals surface area contributed by atoms with Crippen molar-refractivity contribution in [2.45, 2.75) is 26.3 Å². The van der Waals surface area contributed by atoms with Gasteiger partial charge in [0.15, 0.2) is 0 Å². The van der Waals surface area contributed by atoms with Crippen LogP contribution in [0.1, 0.15) is 30.8 Å². The molecule has 0 saturated carbocycles. The van der Waals surface area contributed by atoms with E-state index in [1.807, 2.05) is 13.0 Å². The van der Waals surface area contributed by atoms with Crippen molar-refractivity contribution in [1.29, 1.82) is 0 Å². The molecule has 1 aromatic rings. The number of aryl methyl sites for hydroxylation is 1. The van der Waals surface area contributed by atoms with E-state index in [0.29, 0.717) is 0 Å². The Balaban J connectivity index is 2.66. The van der Waals surface area contributed by atoms with Gasteiger partial charge >= 0.3 is 0 Å². The SMILES string of the molecule is C=CCNC(CC)c1nonc1C. The van der Waals surface area contributed by atoms with Gasteiger partial charge in [-0.25, -0.2) is 4.63 Å². The zero-order valence-electron chi connectivity index (χ0n) is 8.08. The fourth-order valence-corrected chi connectivity index (χ4v) is 1.21. The normalized spacial score (nSPS) is 12.8. The molecule has 4 nitrogen and oxygen atoms in total. The average molecular weight is 181 g/mol. The van der Waals surface area contributed by atoms with Gasteiger partial charge in [-0.3, -0.25) is 0 Å². The maximum Gasteiger partial charge on any atom is 0.124 e. The van der Waals surface area contributed by atoms with E-state index in [0.717, 1.165) is 24.4 Å². The molecule has 72 valence electrons. The summed E-state index contributed by atoms with van der Waals surface area (Å²) >= 11 is 0. The molecule has 0 aliphatic rings. The van der Waals surface area contributed by atoms with Crippen LogP contribution in [0.15, 0.2) is 17.3 Å². The molecule has 0 amide bonds. The summed E-state index contributed by atoms with van der Waals surface area (Å²) in [6.07, 6.45) is 2.79. The van der Waals surface area contributed by atoms with Crippen LogP contribution in [-0.2, 0) is 0 Å². The topological polar surface area (TPSA) is 51.0 Å². The predicted molar refractivity (Wildman–Crippen MR) is 50.3 cm³/mol. The second kappa shape index (κ2) is 4.77. The van der Waals surface area contributed by atoms with Crippen molar-refractivity contribution in [3.05, 3.63) is 24.0 Å². The van der Waals surface area contributed by atoms with E-state index in [1.54, 1.807) is 0 Å². The van der Waals surface area contributed by atoms with E-state index in [1.165, 1.54) is 0 Å². The minimum Gasteiger partial charge on any atom is -0.305 e. The highest BCUT2D eigenvalue weighted by Crippen LogP contribution is 2.16. The highest BCUT2D eigenvalue weighted by Gasteiger charge is 2.15. The Kier molecular flexibility index (Phi) is 3.64. The first kappa shape index (κ1) is 9.92. The molecule has 0 radical (unpaired) electrons. The molecule has 1 atom stereocenters. The van der Waals surface area contributed by atoms with Crippen molar-refractivity contribution < 1.29 is 4.63 Å². The first-order valence-corrected chi connectivity index (χ1v) is 4.43. The molecule has 0 aromatic carbocycles. The molecule has 1 unspecified atom stereocenters. The summed E-state index contributed by atoms with van der Waals surface area (Å²) < 4.78 is 4.64. The van der Waals surface area contributed by atoms with Crippen molar-refractivity contribution in [3.8, 4) is 0 Å². The Bertz CT molecular complexity index is 270. The van der Waals surface area contributed by atoms with Crippen molar-refractivity contribution in [1.82, 2.24) is 15.6 Å². The van der Waals surface area contributed by atoms with Crippen molar-refractivity contribution in [2.75, 3.05) is 6.54 Å². The summed E-state index contributed by atoms with van der Waals surface area (Å²) in [6.45, 7) is 8.40. The summed E-state index contributed by atoms with van der Waals surface area (Å²) in [7, 11) is 0. The van der Waals surface area contributed by atoms with Gasteiger partial charge in [0.05, 0.1) is 6.04 Å². The highest BCUT2D eigenvalue weighted by molar-refractivity contribution is 5.10. The van der Waals surface area contributed by atoms with Crippen LogP contribution in [0.25, 0.3) is 0 Å². The quantitative estimate of drug-likeness (QED) is 0.701. The fourth-order valence-electron chi connectivity index (χ4n) is 1.21. The van der Waals surface area contributed by atoms with Crippen LogP contribution >= 0.6 is 0 Å². The van der Waals surface area contributed by atoms with Crippen LogP contribution in [0, 0.1) is 6.92 Å². The van der Waals surface area contributed by atoms with Gasteiger partial charge in [0.2, 0.25) is 0 Å². The molecule has 1 heterocycles. The maximum atomic E-state index is 4.64. The lowest BCUT2D eigenvalue weighted by molar-refractivity contribution is 0.297. The molecule has 4 heteroatoms. The van der Waals surface area contributed by atoms with Crippen LogP contribution in [0.2, 0.25) is 0 Å². The number of hydrogen-bond donors (Lipinski definition) is 1. The number of nitrogens with zero attached hydrogens (tertiary/aromatic N) is 2. The van der Waals surface area contributed by atoms with Crippen molar-refractivity contribution in [3.63, 3.8) is 0 Å². The van der Waals surface area contributed by atoms with Crippen LogP contribution in [0.4, 0.5) is 0 Å². The Hall–Kier alpha value is -1.16. The molecular formula is C9H15N3O. The van der Waals surface area contributed by atoms with Crippen LogP contribution < -0.4 is 5.32 Å². The molecule has 0 spiro atoms. The molecule has 0 fully saturated rings. The van der Waals surface area contributed by atoms with E-state index < -0.39 is 0 Å². The molecule has 0 saturated heterocycles. The lowest BCUT2D eigenvalue weighted by Crippen LogP contribution is -2.21. The number of hydrogen-bond acceptors (Lipinski definition) is 4. The van der Waals surface area contributed by atoms with E-state index >= 15 is 0 Å².